The van der Waals surface area contributed by atoms with Crippen LogP contribution in [0.25, 0.3) is 10.7 Å². The second-order valence-electron chi connectivity index (χ2n) is 4.07. The molecule has 0 spiro atoms. The average Bonchev–Trinajstić information content (AvgIpc) is 2.98. The molecule has 5 heteroatoms. The van der Waals surface area contributed by atoms with Crippen molar-refractivity contribution in [2.75, 3.05) is 6.54 Å². The van der Waals surface area contributed by atoms with Gasteiger partial charge in [-0.1, -0.05) is 25.1 Å². The molecule has 2 aromatic heterocycles. The molecule has 0 saturated carbocycles. The van der Waals surface area contributed by atoms with Gasteiger partial charge < -0.3 is 9.84 Å². The molecule has 17 heavy (non-hydrogen) atoms. The van der Waals surface area contributed by atoms with Gasteiger partial charge in [0.05, 0.1) is 10.8 Å². The molecule has 0 fully saturated rings. The quantitative estimate of drug-likeness (QED) is 0.887. The van der Waals surface area contributed by atoms with Gasteiger partial charge in [0.1, 0.15) is 0 Å². The predicted molar refractivity (Wildman–Crippen MR) is 69.2 cm³/mol. The van der Waals surface area contributed by atoms with Crippen LogP contribution in [-0.2, 0) is 0 Å². The van der Waals surface area contributed by atoms with Crippen LogP contribution in [-0.4, -0.2) is 22.7 Å². The van der Waals surface area contributed by atoms with Crippen LogP contribution < -0.4 is 5.32 Å². The molecule has 0 aliphatic carbocycles. The van der Waals surface area contributed by atoms with E-state index in [1.807, 2.05) is 17.5 Å². The Hall–Kier alpha value is -1.20. The molecule has 2 unspecified atom stereocenters. The van der Waals surface area contributed by atoms with Gasteiger partial charge in [0, 0.05) is 6.04 Å². The van der Waals surface area contributed by atoms with Gasteiger partial charge in [-0.15, -0.1) is 11.3 Å². The number of rotatable bonds is 5. The van der Waals surface area contributed by atoms with Crippen LogP contribution in [0.5, 0.6) is 0 Å². The van der Waals surface area contributed by atoms with E-state index in [9.17, 15) is 0 Å². The lowest BCUT2D eigenvalue weighted by molar-refractivity contribution is 0.332. The van der Waals surface area contributed by atoms with Crippen LogP contribution in [0.1, 0.15) is 32.6 Å². The normalized spacial score (nSPS) is 14.8. The Kier molecular flexibility index (Phi) is 3.91. The fraction of sp³-hybridized carbons (Fsp3) is 0.500. The lowest BCUT2D eigenvalue weighted by atomic mass is 10.0. The Morgan fingerprint density at radius 3 is 2.94 bits per heavy atom. The lowest BCUT2D eigenvalue weighted by Crippen LogP contribution is -2.30. The summed E-state index contributed by atoms with van der Waals surface area (Å²) in [5, 5.41) is 9.39. The molecule has 92 valence electrons. The predicted octanol–water partition coefficient (Wildman–Crippen LogP) is 2.90. The van der Waals surface area contributed by atoms with Gasteiger partial charge in [0.25, 0.3) is 0 Å². The Morgan fingerprint density at radius 1 is 1.47 bits per heavy atom. The number of hydrogen-bond donors (Lipinski definition) is 1. The van der Waals surface area contributed by atoms with Crippen LogP contribution in [0, 0.1) is 0 Å². The van der Waals surface area contributed by atoms with E-state index in [-0.39, 0.29) is 5.92 Å². The summed E-state index contributed by atoms with van der Waals surface area (Å²) in [7, 11) is 0. The monoisotopic (exact) mass is 251 g/mol. The first-order valence-corrected chi connectivity index (χ1v) is 6.71. The highest BCUT2D eigenvalue weighted by molar-refractivity contribution is 7.13. The van der Waals surface area contributed by atoms with E-state index in [4.69, 9.17) is 4.52 Å². The zero-order valence-corrected chi connectivity index (χ0v) is 11.1. The Balaban J connectivity index is 2.13. The number of aromatic nitrogens is 2. The third kappa shape index (κ3) is 2.73. The first kappa shape index (κ1) is 12.3. The van der Waals surface area contributed by atoms with Crippen LogP contribution in [0.15, 0.2) is 22.0 Å². The Morgan fingerprint density at radius 2 is 2.29 bits per heavy atom. The maximum atomic E-state index is 5.32. The summed E-state index contributed by atoms with van der Waals surface area (Å²) in [4.78, 5) is 5.49. The molecular weight excluding hydrogens is 234 g/mol. The molecule has 2 rings (SSSR count). The highest BCUT2D eigenvalue weighted by Gasteiger charge is 2.20. The Bertz CT molecular complexity index is 452. The SMILES string of the molecule is CCNC(C)C(C)c1nc(-c2cccs2)no1. The van der Waals surface area contributed by atoms with Crippen molar-refractivity contribution in [1.29, 1.82) is 0 Å². The summed E-state index contributed by atoms with van der Waals surface area (Å²) in [5.41, 5.74) is 0. The summed E-state index contributed by atoms with van der Waals surface area (Å²) in [5.74, 6) is 1.60. The average molecular weight is 251 g/mol. The second-order valence-corrected chi connectivity index (χ2v) is 5.02. The van der Waals surface area contributed by atoms with E-state index in [2.05, 4.69) is 36.2 Å². The minimum absolute atomic E-state index is 0.219. The molecule has 4 nitrogen and oxygen atoms in total. The fourth-order valence-corrected chi connectivity index (χ4v) is 2.29. The van der Waals surface area contributed by atoms with E-state index >= 15 is 0 Å². The van der Waals surface area contributed by atoms with Crippen molar-refractivity contribution in [2.24, 2.45) is 0 Å². The largest absolute Gasteiger partial charge is 0.339 e. The first-order valence-electron chi connectivity index (χ1n) is 5.83. The fourth-order valence-electron chi connectivity index (χ4n) is 1.64. The van der Waals surface area contributed by atoms with E-state index < -0.39 is 0 Å². The summed E-state index contributed by atoms with van der Waals surface area (Å²) >= 11 is 1.62. The van der Waals surface area contributed by atoms with Gasteiger partial charge >= 0.3 is 0 Å². The first-order chi connectivity index (χ1) is 8.22. The minimum atomic E-state index is 0.219. The van der Waals surface area contributed by atoms with Crippen molar-refractivity contribution >= 4 is 11.3 Å². The molecule has 0 aromatic carbocycles. The van der Waals surface area contributed by atoms with Crippen LogP contribution in [0.3, 0.4) is 0 Å². The van der Waals surface area contributed by atoms with Gasteiger partial charge in [-0.25, -0.2) is 0 Å². The summed E-state index contributed by atoms with van der Waals surface area (Å²) in [6.45, 7) is 7.26. The maximum Gasteiger partial charge on any atom is 0.231 e. The number of nitrogens with zero attached hydrogens (tertiary/aromatic N) is 2. The van der Waals surface area contributed by atoms with Crippen molar-refractivity contribution in [3.8, 4) is 10.7 Å². The zero-order chi connectivity index (χ0) is 12.3. The molecule has 2 atom stereocenters. The maximum absolute atomic E-state index is 5.32. The van der Waals surface area contributed by atoms with Crippen LogP contribution in [0.2, 0.25) is 0 Å². The molecule has 2 aromatic rings. The minimum Gasteiger partial charge on any atom is -0.339 e. The summed E-state index contributed by atoms with van der Waals surface area (Å²) < 4.78 is 5.32. The van der Waals surface area contributed by atoms with E-state index in [0.29, 0.717) is 17.8 Å². The van der Waals surface area contributed by atoms with Crippen LogP contribution >= 0.6 is 11.3 Å². The topological polar surface area (TPSA) is 51.0 Å². The number of hydrogen-bond acceptors (Lipinski definition) is 5. The van der Waals surface area contributed by atoms with Gasteiger partial charge in [-0.05, 0) is 24.9 Å². The Labute approximate surface area is 105 Å². The zero-order valence-electron chi connectivity index (χ0n) is 10.3. The standard InChI is InChI=1S/C12H17N3OS/c1-4-13-9(3)8(2)12-14-11(15-16-12)10-6-5-7-17-10/h5-9,13H,4H2,1-3H3. The van der Waals surface area contributed by atoms with E-state index in [1.54, 1.807) is 11.3 Å². The number of thiophene rings is 1. The van der Waals surface area contributed by atoms with E-state index in [0.717, 1.165) is 11.4 Å². The summed E-state index contributed by atoms with van der Waals surface area (Å²) in [6, 6.07) is 4.31. The molecule has 0 aliphatic rings. The van der Waals surface area contributed by atoms with Crippen molar-refractivity contribution in [3.05, 3.63) is 23.4 Å². The molecule has 1 N–H and O–H groups in total. The van der Waals surface area contributed by atoms with Crippen molar-refractivity contribution < 1.29 is 4.52 Å². The highest BCUT2D eigenvalue weighted by atomic mass is 32.1. The van der Waals surface area contributed by atoms with Gasteiger partial charge in [0.15, 0.2) is 0 Å². The molecule has 0 saturated heterocycles. The van der Waals surface area contributed by atoms with Crippen LogP contribution in [0.4, 0.5) is 0 Å². The molecule has 0 bridgehead atoms. The van der Waals surface area contributed by atoms with E-state index in [1.165, 1.54) is 0 Å². The molecule has 0 aliphatic heterocycles. The van der Waals surface area contributed by atoms with Gasteiger partial charge in [0.2, 0.25) is 11.7 Å². The highest BCUT2D eigenvalue weighted by Crippen LogP contribution is 2.24. The second kappa shape index (κ2) is 5.42. The van der Waals surface area contributed by atoms with Crippen molar-refractivity contribution in [1.82, 2.24) is 15.5 Å². The molecule has 0 amide bonds. The third-order valence-corrected chi connectivity index (χ3v) is 3.71. The molecule has 0 radical (unpaired) electrons. The lowest BCUT2D eigenvalue weighted by Gasteiger charge is -2.16. The smallest absolute Gasteiger partial charge is 0.231 e. The van der Waals surface area contributed by atoms with Crippen molar-refractivity contribution in [3.63, 3.8) is 0 Å². The third-order valence-electron chi connectivity index (χ3n) is 2.85. The number of nitrogens with one attached hydrogen (secondary N) is 1. The van der Waals surface area contributed by atoms with Gasteiger partial charge in [-0.3, -0.25) is 0 Å². The summed E-state index contributed by atoms with van der Waals surface area (Å²) in [6.07, 6.45) is 0. The van der Waals surface area contributed by atoms with Gasteiger partial charge in [-0.2, -0.15) is 4.98 Å². The molecule has 2 heterocycles. The van der Waals surface area contributed by atoms with Crippen molar-refractivity contribution in [2.45, 2.75) is 32.7 Å². The number of likely N-dealkylation sites (N-methyl/N-ethyl adjacent to an activating group) is 1. The molecular formula is C12H17N3OS.